The van der Waals surface area contributed by atoms with Gasteiger partial charge in [0.05, 0.1) is 5.92 Å². The van der Waals surface area contributed by atoms with Crippen LogP contribution in [0.1, 0.15) is 50.7 Å². The molecule has 7 nitrogen and oxygen atoms in total. The van der Waals surface area contributed by atoms with Crippen molar-refractivity contribution >= 4 is 18.0 Å². The number of hydrogen-bond donors (Lipinski definition) is 2. The number of hydrogen-bond acceptors (Lipinski definition) is 4. The first-order valence-corrected chi connectivity index (χ1v) is 11.8. The molecule has 2 aromatic rings. The fraction of sp³-hybridized carbons (Fsp3) is 0.444. The van der Waals surface area contributed by atoms with Crippen LogP contribution >= 0.6 is 0 Å². The van der Waals surface area contributed by atoms with Crippen LogP contribution in [-0.4, -0.2) is 53.7 Å². The largest absolute Gasteiger partial charge is 0.481 e. The number of aliphatic carboxylic acids is 1. The number of carboxylic acid groups (broad SMARTS) is 1. The summed E-state index contributed by atoms with van der Waals surface area (Å²) in [5.41, 5.74) is 3.96. The molecule has 2 aliphatic rings. The summed E-state index contributed by atoms with van der Waals surface area (Å²) < 4.78 is 5.65. The number of carbonyl (C=O) groups is 3. The number of likely N-dealkylation sites (tertiary alicyclic amines) is 1. The molecular weight excluding hydrogens is 432 g/mol. The summed E-state index contributed by atoms with van der Waals surface area (Å²) in [6.07, 6.45) is 0.533. The molecule has 2 unspecified atom stereocenters. The van der Waals surface area contributed by atoms with Crippen LogP contribution in [0.2, 0.25) is 0 Å². The van der Waals surface area contributed by atoms with Crippen LogP contribution in [0.25, 0.3) is 11.1 Å². The Morgan fingerprint density at radius 2 is 1.65 bits per heavy atom. The number of nitrogens with zero attached hydrogens (tertiary/aromatic N) is 1. The summed E-state index contributed by atoms with van der Waals surface area (Å²) in [5.74, 6) is -1.81. The maximum atomic E-state index is 13.3. The molecule has 0 spiro atoms. The number of alkyl carbamates (subject to hydrolysis) is 1. The fourth-order valence-corrected chi connectivity index (χ4v) is 4.97. The van der Waals surface area contributed by atoms with Gasteiger partial charge in [-0.05, 0) is 40.5 Å². The summed E-state index contributed by atoms with van der Waals surface area (Å²) in [5, 5.41) is 12.1. The lowest BCUT2D eigenvalue weighted by molar-refractivity contribution is -0.147. The average molecular weight is 465 g/mol. The van der Waals surface area contributed by atoms with Gasteiger partial charge in [0.1, 0.15) is 12.6 Å². The Bertz CT molecular complexity index is 1040. The molecule has 2 atom stereocenters. The van der Waals surface area contributed by atoms with E-state index in [4.69, 9.17) is 4.74 Å². The minimum absolute atomic E-state index is 0.0691. The first-order chi connectivity index (χ1) is 16.2. The molecule has 1 aliphatic carbocycles. The zero-order valence-electron chi connectivity index (χ0n) is 19.9. The van der Waals surface area contributed by atoms with Gasteiger partial charge in [0.25, 0.3) is 0 Å². The van der Waals surface area contributed by atoms with Crippen molar-refractivity contribution in [2.75, 3.05) is 19.7 Å². The first kappa shape index (κ1) is 23.8. The van der Waals surface area contributed by atoms with Gasteiger partial charge in [0.15, 0.2) is 0 Å². The Kier molecular flexibility index (Phi) is 6.64. The number of fused-ring (bicyclic) bond motifs is 3. The number of carboxylic acids is 1. The van der Waals surface area contributed by atoms with E-state index in [-0.39, 0.29) is 25.0 Å². The summed E-state index contributed by atoms with van der Waals surface area (Å²) in [7, 11) is 0. The molecule has 0 aromatic heterocycles. The SMILES string of the molecule is CC(C)(C)C(NC(=O)OCC1c2ccccc2-c2ccccc21)C(=O)N1CCCC(C(=O)O)C1. The van der Waals surface area contributed by atoms with Gasteiger partial charge in [-0.15, -0.1) is 0 Å². The quantitative estimate of drug-likeness (QED) is 0.689. The third kappa shape index (κ3) is 4.79. The highest BCUT2D eigenvalue weighted by molar-refractivity contribution is 5.87. The van der Waals surface area contributed by atoms with Crippen LogP contribution in [0.15, 0.2) is 48.5 Å². The number of benzene rings is 2. The molecule has 0 radical (unpaired) electrons. The van der Waals surface area contributed by atoms with Crippen molar-refractivity contribution in [3.8, 4) is 11.1 Å². The van der Waals surface area contributed by atoms with Crippen LogP contribution in [0, 0.1) is 11.3 Å². The predicted octanol–water partition coefficient (Wildman–Crippen LogP) is 4.26. The number of amides is 2. The number of rotatable bonds is 5. The minimum Gasteiger partial charge on any atom is -0.481 e. The molecule has 1 fully saturated rings. The van der Waals surface area contributed by atoms with Gasteiger partial charge in [-0.25, -0.2) is 4.79 Å². The van der Waals surface area contributed by atoms with Gasteiger partial charge in [0.2, 0.25) is 5.91 Å². The number of ether oxygens (including phenoxy) is 1. The van der Waals surface area contributed by atoms with Crippen molar-refractivity contribution < 1.29 is 24.2 Å². The third-order valence-corrected chi connectivity index (χ3v) is 6.80. The van der Waals surface area contributed by atoms with Crippen LogP contribution in [0.3, 0.4) is 0 Å². The molecule has 2 aromatic carbocycles. The standard InChI is InChI=1S/C27H32N2O5/c1-27(2,3)23(24(30)29-14-8-9-17(15-29)25(31)32)28-26(33)34-16-22-20-12-6-4-10-18(20)19-11-5-7-13-21(19)22/h4-7,10-13,17,22-23H,8-9,14-16H2,1-3H3,(H,28,33)(H,31,32). The lowest BCUT2D eigenvalue weighted by Crippen LogP contribution is -2.57. The van der Waals surface area contributed by atoms with Crippen molar-refractivity contribution in [3.63, 3.8) is 0 Å². The lowest BCUT2D eigenvalue weighted by Gasteiger charge is -2.37. The van der Waals surface area contributed by atoms with E-state index in [2.05, 4.69) is 29.6 Å². The smallest absolute Gasteiger partial charge is 0.407 e. The zero-order valence-corrected chi connectivity index (χ0v) is 19.9. The van der Waals surface area contributed by atoms with Gasteiger partial charge in [-0.3, -0.25) is 9.59 Å². The molecule has 2 amide bonds. The highest BCUT2D eigenvalue weighted by Gasteiger charge is 2.39. The second kappa shape index (κ2) is 9.49. The minimum atomic E-state index is -0.894. The molecule has 34 heavy (non-hydrogen) atoms. The number of piperidine rings is 1. The summed E-state index contributed by atoms with van der Waals surface area (Å²) in [6, 6.07) is 15.4. The monoisotopic (exact) mass is 464 g/mol. The highest BCUT2D eigenvalue weighted by atomic mass is 16.5. The van der Waals surface area contributed by atoms with Crippen molar-refractivity contribution in [1.82, 2.24) is 10.2 Å². The molecule has 0 bridgehead atoms. The van der Waals surface area contributed by atoms with Crippen molar-refractivity contribution in [1.29, 1.82) is 0 Å². The lowest BCUT2D eigenvalue weighted by atomic mass is 9.85. The first-order valence-electron chi connectivity index (χ1n) is 11.8. The summed E-state index contributed by atoms with van der Waals surface area (Å²) in [4.78, 5) is 39.1. The van der Waals surface area contributed by atoms with Crippen molar-refractivity contribution in [3.05, 3.63) is 59.7 Å². The van der Waals surface area contributed by atoms with E-state index in [1.807, 2.05) is 45.0 Å². The van der Waals surface area contributed by atoms with Crippen LogP contribution in [0.5, 0.6) is 0 Å². The second-order valence-corrected chi connectivity index (χ2v) is 10.2. The molecule has 4 rings (SSSR count). The van der Waals surface area contributed by atoms with Crippen molar-refractivity contribution in [2.24, 2.45) is 11.3 Å². The van der Waals surface area contributed by atoms with E-state index in [0.29, 0.717) is 19.4 Å². The topological polar surface area (TPSA) is 95.9 Å². The molecule has 2 N–H and O–H groups in total. The predicted molar refractivity (Wildman–Crippen MR) is 128 cm³/mol. The van der Waals surface area contributed by atoms with E-state index in [9.17, 15) is 19.5 Å². The summed E-state index contributed by atoms with van der Waals surface area (Å²) in [6.45, 7) is 6.43. The second-order valence-electron chi connectivity index (χ2n) is 10.2. The highest BCUT2D eigenvalue weighted by Crippen LogP contribution is 2.44. The fourth-order valence-electron chi connectivity index (χ4n) is 4.97. The molecule has 180 valence electrons. The maximum absolute atomic E-state index is 13.3. The third-order valence-electron chi connectivity index (χ3n) is 6.80. The van der Waals surface area contributed by atoms with E-state index >= 15 is 0 Å². The van der Waals surface area contributed by atoms with E-state index in [1.165, 1.54) is 0 Å². The summed E-state index contributed by atoms with van der Waals surface area (Å²) >= 11 is 0. The number of carbonyl (C=O) groups excluding carboxylic acids is 2. The Hall–Kier alpha value is -3.35. The molecule has 1 saturated heterocycles. The van der Waals surface area contributed by atoms with E-state index in [1.54, 1.807) is 4.90 Å². The molecule has 1 heterocycles. The molecule has 0 saturated carbocycles. The van der Waals surface area contributed by atoms with Crippen LogP contribution < -0.4 is 5.32 Å². The Labute approximate surface area is 200 Å². The average Bonchev–Trinajstić information content (AvgIpc) is 3.14. The van der Waals surface area contributed by atoms with Crippen LogP contribution in [0.4, 0.5) is 4.79 Å². The number of nitrogens with one attached hydrogen (secondary N) is 1. The van der Waals surface area contributed by atoms with Crippen LogP contribution in [-0.2, 0) is 14.3 Å². The van der Waals surface area contributed by atoms with E-state index in [0.717, 1.165) is 22.3 Å². The Morgan fingerprint density at radius 3 is 2.21 bits per heavy atom. The van der Waals surface area contributed by atoms with Gasteiger partial charge < -0.3 is 20.1 Å². The van der Waals surface area contributed by atoms with Gasteiger partial charge in [0, 0.05) is 19.0 Å². The van der Waals surface area contributed by atoms with Gasteiger partial charge in [-0.1, -0.05) is 69.3 Å². The van der Waals surface area contributed by atoms with Crippen molar-refractivity contribution in [2.45, 2.75) is 45.6 Å². The Morgan fingerprint density at radius 1 is 1.06 bits per heavy atom. The molecular formula is C27H32N2O5. The van der Waals surface area contributed by atoms with E-state index < -0.39 is 29.4 Å². The molecule has 7 heteroatoms. The van der Waals surface area contributed by atoms with Gasteiger partial charge >= 0.3 is 12.1 Å². The normalized spacial score (nSPS) is 18.6. The van der Waals surface area contributed by atoms with Gasteiger partial charge in [-0.2, -0.15) is 0 Å². The zero-order chi connectivity index (χ0) is 24.5. The molecule has 1 aliphatic heterocycles. The Balaban J connectivity index is 1.44. The maximum Gasteiger partial charge on any atom is 0.407 e.